The molecule has 1 aromatic heterocycles. The molecule has 1 aromatic carbocycles. The lowest BCUT2D eigenvalue weighted by Gasteiger charge is -2.29. The molecule has 2 heterocycles. The van der Waals surface area contributed by atoms with Crippen molar-refractivity contribution >= 4 is 24.8 Å². The van der Waals surface area contributed by atoms with Gasteiger partial charge >= 0.3 is 0 Å². The van der Waals surface area contributed by atoms with Crippen LogP contribution in [0.5, 0.6) is 11.6 Å². The van der Waals surface area contributed by atoms with E-state index >= 15 is 0 Å². The summed E-state index contributed by atoms with van der Waals surface area (Å²) in [6, 6.07) is 10.8. The molecule has 0 unspecified atom stereocenters. The summed E-state index contributed by atoms with van der Waals surface area (Å²) >= 11 is 0. The highest BCUT2D eigenvalue weighted by Gasteiger charge is 2.24. The molecule has 2 aliphatic carbocycles. The number of piperidine rings is 1. The highest BCUT2D eigenvalue weighted by molar-refractivity contribution is 5.85. The zero-order valence-electron chi connectivity index (χ0n) is 21.0. The lowest BCUT2D eigenvalue weighted by molar-refractivity contribution is 0.109. The number of rotatable bonds is 6. The van der Waals surface area contributed by atoms with Crippen molar-refractivity contribution < 1.29 is 9.47 Å². The molecule has 0 amide bonds. The standard InChI is InChI=1S/C28H39N3O2.2ClH/c1-31-18-16-25(17-19-31)33-27-20-26(28(30-29-27)22-8-4-2-5-9-22)21-12-14-24(15-13-21)32-23-10-6-3-7-11-23;;/h12-15,20,22-23,25H,2-11,16-19H2,1H3;2*1H. The van der Waals surface area contributed by atoms with Crippen molar-refractivity contribution in [3.05, 3.63) is 36.0 Å². The summed E-state index contributed by atoms with van der Waals surface area (Å²) in [5.74, 6) is 2.15. The molecular weight excluding hydrogens is 481 g/mol. The van der Waals surface area contributed by atoms with Crippen LogP contribution in [-0.4, -0.2) is 47.4 Å². The molecule has 5 nitrogen and oxygen atoms in total. The van der Waals surface area contributed by atoms with Gasteiger partial charge in [-0.1, -0.05) is 37.8 Å². The normalized spacial score (nSPS) is 20.5. The second kappa shape index (κ2) is 13.7. The van der Waals surface area contributed by atoms with E-state index in [0.29, 0.717) is 17.9 Å². The fraction of sp³-hybridized carbons (Fsp3) is 0.643. The van der Waals surface area contributed by atoms with E-state index in [1.807, 2.05) is 0 Å². The van der Waals surface area contributed by atoms with Crippen molar-refractivity contribution in [2.24, 2.45) is 0 Å². The fourth-order valence-corrected chi connectivity index (χ4v) is 5.71. The summed E-state index contributed by atoms with van der Waals surface area (Å²) in [4.78, 5) is 2.36. The third kappa shape index (κ3) is 7.47. The molecule has 0 N–H and O–H groups in total. The second-order valence-corrected chi connectivity index (χ2v) is 10.3. The first-order valence-corrected chi connectivity index (χ1v) is 13.2. The van der Waals surface area contributed by atoms with Gasteiger partial charge in [-0.05, 0) is 76.1 Å². The molecule has 3 fully saturated rings. The minimum absolute atomic E-state index is 0. The maximum Gasteiger partial charge on any atom is 0.234 e. The molecule has 5 rings (SSSR count). The summed E-state index contributed by atoms with van der Waals surface area (Å²) in [5.41, 5.74) is 3.52. The summed E-state index contributed by atoms with van der Waals surface area (Å²) in [7, 11) is 2.18. The Kier molecular flexibility index (Phi) is 10.9. The van der Waals surface area contributed by atoms with Gasteiger partial charge in [0.05, 0.1) is 11.8 Å². The molecule has 1 aliphatic heterocycles. The van der Waals surface area contributed by atoms with Gasteiger partial charge in [-0.15, -0.1) is 29.9 Å². The molecule has 0 radical (unpaired) electrons. The van der Waals surface area contributed by atoms with Crippen molar-refractivity contribution in [1.29, 1.82) is 0 Å². The monoisotopic (exact) mass is 521 g/mol. The van der Waals surface area contributed by atoms with Gasteiger partial charge in [-0.3, -0.25) is 0 Å². The van der Waals surface area contributed by atoms with E-state index in [2.05, 4.69) is 47.4 Å². The van der Waals surface area contributed by atoms with Crippen LogP contribution in [0.4, 0.5) is 0 Å². The summed E-state index contributed by atoms with van der Waals surface area (Å²) in [6.45, 7) is 2.15. The highest BCUT2D eigenvalue weighted by atomic mass is 35.5. The number of halogens is 2. The van der Waals surface area contributed by atoms with Crippen LogP contribution in [0, 0.1) is 0 Å². The van der Waals surface area contributed by atoms with E-state index in [4.69, 9.17) is 14.6 Å². The number of hydrogen-bond acceptors (Lipinski definition) is 5. The van der Waals surface area contributed by atoms with Crippen molar-refractivity contribution in [2.45, 2.75) is 95.2 Å². The largest absolute Gasteiger partial charge is 0.490 e. The van der Waals surface area contributed by atoms with Gasteiger partial charge in [0.2, 0.25) is 5.88 Å². The van der Waals surface area contributed by atoms with E-state index in [1.54, 1.807) is 0 Å². The minimum Gasteiger partial charge on any atom is -0.490 e. The van der Waals surface area contributed by atoms with Crippen LogP contribution < -0.4 is 9.47 Å². The van der Waals surface area contributed by atoms with Gasteiger partial charge in [0, 0.05) is 30.6 Å². The Hall–Kier alpha value is -1.56. The zero-order chi connectivity index (χ0) is 22.5. The summed E-state index contributed by atoms with van der Waals surface area (Å²) < 4.78 is 12.6. The molecule has 2 saturated carbocycles. The van der Waals surface area contributed by atoms with Gasteiger partial charge in [-0.25, -0.2) is 0 Å². The number of nitrogens with zero attached hydrogens (tertiary/aromatic N) is 3. The number of aromatic nitrogens is 2. The summed E-state index contributed by atoms with van der Waals surface area (Å²) in [6.07, 6.45) is 15.3. The first kappa shape index (κ1) is 28.0. The van der Waals surface area contributed by atoms with Gasteiger partial charge in [0.15, 0.2) is 0 Å². The number of hydrogen-bond donors (Lipinski definition) is 0. The molecule has 1 saturated heterocycles. The average molecular weight is 523 g/mol. The molecule has 7 heteroatoms. The van der Waals surface area contributed by atoms with Gasteiger partial charge in [-0.2, -0.15) is 5.10 Å². The van der Waals surface area contributed by atoms with E-state index in [1.165, 1.54) is 75.3 Å². The van der Waals surface area contributed by atoms with Crippen LogP contribution in [0.25, 0.3) is 11.1 Å². The molecule has 194 valence electrons. The number of ether oxygens (including phenoxy) is 2. The molecule has 3 aliphatic rings. The predicted octanol–water partition coefficient (Wildman–Crippen LogP) is 7.22. The summed E-state index contributed by atoms with van der Waals surface area (Å²) in [5, 5.41) is 9.30. The highest BCUT2D eigenvalue weighted by Crippen LogP contribution is 2.38. The lowest BCUT2D eigenvalue weighted by atomic mass is 9.84. The van der Waals surface area contributed by atoms with Crippen LogP contribution in [0.15, 0.2) is 30.3 Å². The smallest absolute Gasteiger partial charge is 0.234 e. The minimum atomic E-state index is 0. The molecule has 0 spiro atoms. The van der Waals surface area contributed by atoms with E-state index in [-0.39, 0.29) is 30.9 Å². The van der Waals surface area contributed by atoms with Crippen LogP contribution in [0.1, 0.15) is 88.7 Å². The van der Waals surface area contributed by atoms with Crippen molar-refractivity contribution in [3.8, 4) is 22.8 Å². The Morgan fingerprint density at radius 1 is 0.714 bits per heavy atom. The number of likely N-dealkylation sites (tertiary alicyclic amines) is 1. The van der Waals surface area contributed by atoms with Gasteiger partial charge in [0.1, 0.15) is 11.9 Å². The molecule has 0 atom stereocenters. The van der Waals surface area contributed by atoms with Gasteiger partial charge in [0.25, 0.3) is 0 Å². The quantitative estimate of drug-likeness (QED) is 0.401. The fourth-order valence-electron chi connectivity index (χ4n) is 5.71. The lowest BCUT2D eigenvalue weighted by Crippen LogP contribution is -2.35. The van der Waals surface area contributed by atoms with Crippen LogP contribution in [-0.2, 0) is 0 Å². The Bertz CT molecular complexity index is 892. The second-order valence-electron chi connectivity index (χ2n) is 10.3. The first-order chi connectivity index (χ1) is 16.2. The van der Waals surface area contributed by atoms with Crippen LogP contribution in [0.2, 0.25) is 0 Å². The van der Waals surface area contributed by atoms with Crippen LogP contribution >= 0.6 is 24.8 Å². The number of benzene rings is 1. The molecule has 35 heavy (non-hydrogen) atoms. The van der Waals surface area contributed by atoms with E-state index in [9.17, 15) is 0 Å². The van der Waals surface area contributed by atoms with E-state index in [0.717, 1.165) is 37.4 Å². The maximum absolute atomic E-state index is 6.31. The topological polar surface area (TPSA) is 47.5 Å². The zero-order valence-corrected chi connectivity index (χ0v) is 22.6. The Balaban J connectivity index is 0.00000171. The maximum atomic E-state index is 6.31. The molecule has 2 aromatic rings. The van der Waals surface area contributed by atoms with Crippen molar-refractivity contribution in [1.82, 2.24) is 15.1 Å². The Morgan fingerprint density at radius 2 is 1.31 bits per heavy atom. The van der Waals surface area contributed by atoms with E-state index < -0.39 is 0 Å². The van der Waals surface area contributed by atoms with Crippen molar-refractivity contribution in [2.75, 3.05) is 20.1 Å². The van der Waals surface area contributed by atoms with Gasteiger partial charge < -0.3 is 14.4 Å². The SMILES string of the molecule is CN1CCC(Oc2cc(-c3ccc(OC4CCCCC4)cc3)c(C3CCCCC3)nn2)CC1.Cl.Cl. The Labute approximate surface area is 223 Å². The third-order valence-electron chi connectivity index (χ3n) is 7.77. The predicted molar refractivity (Wildman–Crippen MR) is 146 cm³/mol. The molecule has 0 bridgehead atoms. The average Bonchev–Trinajstić information content (AvgIpc) is 2.87. The van der Waals surface area contributed by atoms with Crippen LogP contribution in [0.3, 0.4) is 0 Å². The first-order valence-electron chi connectivity index (χ1n) is 13.2. The Morgan fingerprint density at radius 3 is 1.97 bits per heavy atom. The van der Waals surface area contributed by atoms with Crippen molar-refractivity contribution in [3.63, 3.8) is 0 Å². The molecular formula is C28H41Cl2N3O2. The third-order valence-corrected chi connectivity index (χ3v) is 7.77.